The van der Waals surface area contributed by atoms with Gasteiger partial charge in [-0.15, -0.1) is 0 Å². The maximum atomic E-state index is 11.6. The summed E-state index contributed by atoms with van der Waals surface area (Å²) >= 11 is 0. The van der Waals surface area contributed by atoms with E-state index < -0.39 is 18.6 Å². The Balaban J connectivity index is 3.34. The number of hydrogen-bond acceptors (Lipinski definition) is 3. The lowest BCUT2D eigenvalue weighted by Crippen LogP contribution is -2.38. The van der Waals surface area contributed by atoms with Crippen LogP contribution < -0.4 is 10.6 Å². The Kier molecular flexibility index (Phi) is 7.06. The molecule has 0 atom stereocenters. The van der Waals surface area contributed by atoms with Crippen molar-refractivity contribution in [1.82, 2.24) is 10.6 Å². The van der Waals surface area contributed by atoms with Gasteiger partial charge in [0.25, 0.3) is 0 Å². The lowest BCUT2D eigenvalue weighted by atomic mass is 10.4. The van der Waals surface area contributed by atoms with E-state index in [9.17, 15) is 18.0 Å². The van der Waals surface area contributed by atoms with Crippen molar-refractivity contribution in [2.75, 3.05) is 33.4 Å². The molecule has 90 valence electrons. The van der Waals surface area contributed by atoms with Crippen molar-refractivity contribution in [1.29, 1.82) is 0 Å². The number of amides is 1. The van der Waals surface area contributed by atoms with Gasteiger partial charge < -0.3 is 15.4 Å². The normalized spacial score (nSPS) is 11.5. The number of carbonyl (C=O) groups excluding carboxylic acids is 1. The number of nitrogens with one attached hydrogen (secondary N) is 2. The van der Waals surface area contributed by atoms with Crippen molar-refractivity contribution in [2.24, 2.45) is 0 Å². The van der Waals surface area contributed by atoms with Crippen LogP contribution in [0.25, 0.3) is 0 Å². The fourth-order valence-corrected chi connectivity index (χ4v) is 0.825. The van der Waals surface area contributed by atoms with Gasteiger partial charge in [-0.25, -0.2) is 0 Å². The average Bonchev–Trinajstić information content (AvgIpc) is 2.10. The van der Waals surface area contributed by atoms with Gasteiger partial charge in [-0.2, -0.15) is 13.2 Å². The summed E-state index contributed by atoms with van der Waals surface area (Å²) in [4.78, 5) is 10.9. The maximum Gasteiger partial charge on any atom is 0.401 e. The highest BCUT2D eigenvalue weighted by Crippen LogP contribution is 2.11. The van der Waals surface area contributed by atoms with E-state index in [1.165, 1.54) is 7.11 Å². The van der Waals surface area contributed by atoms with E-state index in [0.717, 1.165) is 0 Å². The first-order valence-electron chi connectivity index (χ1n) is 4.49. The second-order valence-electron chi connectivity index (χ2n) is 2.92. The van der Waals surface area contributed by atoms with Crippen LogP contribution in [-0.2, 0) is 9.53 Å². The first-order chi connectivity index (χ1) is 6.95. The summed E-state index contributed by atoms with van der Waals surface area (Å²) in [5, 5.41) is 4.45. The monoisotopic (exact) mass is 228 g/mol. The topological polar surface area (TPSA) is 50.4 Å². The summed E-state index contributed by atoms with van der Waals surface area (Å²) in [7, 11) is 1.53. The summed E-state index contributed by atoms with van der Waals surface area (Å²) in [6, 6.07) is 0. The van der Waals surface area contributed by atoms with Gasteiger partial charge in [0.1, 0.15) is 0 Å². The molecule has 0 aliphatic carbocycles. The predicted molar refractivity (Wildman–Crippen MR) is 48.4 cm³/mol. The first kappa shape index (κ1) is 14.2. The van der Waals surface area contributed by atoms with Crippen LogP contribution in [0.15, 0.2) is 0 Å². The second kappa shape index (κ2) is 7.47. The SMILES string of the molecule is COCCCNC(=O)CNCC(F)(F)F. The molecule has 0 aromatic carbocycles. The molecular weight excluding hydrogens is 213 g/mol. The number of halogens is 3. The maximum absolute atomic E-state index is 11.6. The largest absolute Gasteiger partial charge is 0.401 e. The molecule has 0 saturated carbocycles. The first-order valence-corrected chi connectivity index (χ1v) is 4.49. The van der Waals surface area contributed by atoms with Crippen molar-refractivity contribution in [3.63, 3.8) is 0 Å². The molecule has 0 radical (unpaired) electrons. The van der Waals surface area contributed by atoms with Crippen LogP contribution in [0, 0.1) is 0 Å². The Morgan fingerprint density at radius 3 is 2.60 bits per heavy atom. The van der Waals surface area contributed by atoms with Crippen LogP contribution in [-0.4, -0.2) is 45.4 Å². The minimum absolute atomic E-state index is 0.327. The lowest BCUT2D eigenvalue weighted by molar-refractivity contribution is -0.128. The molecule has 4 nitrogen and oxygen atoms in total. The molecule has 0 aromatic rings. The standard InChI is InChI=1S/C8H15F3N2O2/c1-15-4-2-3-13-7(14)5-12-6-8(9,10)11/h12H,2-6H2,1H3,(H,13,14). The number of rotatable bonds is 7. The third kappa shape index (κ3) is 11.1. The summed E-state index contributed by atoms with van der Waals surface area (Å²) in [5.74, 6) is -0.449. The van der Waals surface area contributed by atoms with Crippen LogP contribution in [0.2, 0.25) is 0 Å². The molecule has 0 fully saturated rings. The summed E-state index contributed by atoms with van der Waals surface area (Å²) in [6.07, 6.45) is -3.64. The molecule has 0 spiro atoms. The zero-order valence-electron chi connectivity index (χ0n) is 8.49. The zero-order valence-corrected chi connectivity index (χ0v) is 8.49. The number of hydrogen-bond donors (Lipinski definition) is 2. The number of alkyl halides is 3. The summed E-state index contributed by atoms with van der Waals surface area (Å²) < 4.78 is 39.7. The molecule has 2 N–H and O–H groups in total. The highest BCUT2D eigenvalue weighted by molar-refractivity contribution is 5.77. The van der Waals surface area contributed by atoms with Crippen molar-refractivity contribution in [2.45, 2.75) is 12.6 Å². The molecule has 0 saturated heterocycles. The van der Waals surface area contributed by atoms with E-state index >= 15 is 0 Å². The molecule has 0 aromatic heterocycles. The van der Waals surface area contributed by atoms with Gasteiger partial charge >= 0.3 is 6.18 Å². The molecule has 0 rings (SSSR count). The van der Waals surface area contributed by atoms with Gasteiger partial charge in [0, 0.05) is 20.3 Å². The van der Waals surface area contributed by atoms with Gasteiger partial charge in [0.05, 0.1) is 13.1 Å². The number of methoxy groups -OCH3 is 1. The Hall–Kier alpha value is -0.820. The van der Waals surface area contributed by atoms with Crippen LogP contribution in [0.5, 0.6) is 0 Å². The minimum atomic E-state index is -4.28. The van der Waals surface area contributed by atoms with E-state index in [4.69, 9.17) is 4.74 Å². The molecule has 0 aliphatic heterocycles. The highest BCUT2D eigenvalue weighted by atomic mass is 19.4. The third-order valence-electron chi connectivity index (χ3n) is 1.46. The Bertz CT molecular complexity index is 185. The fraction of sp³-hybridized carbons (Fsp3) is 0.875. The van der Waals surface area contributed by atoms with Crippen LogP contribution in [0.1, 0.15) is 6.42 Å². The van der Waals surface area contributed by atoms with Crippen molar-refractivity contribution in [3.05, 3.63) is 0 Å². The average molecular weight is 228 g/mol. The quantitative estimate of drug-likeness (QED) is 0.616. The molecule has 0 unspecified atom stereocenters. The van der Waals surface area contributed by atoms with Gasteiger partial charge in [-0.3, -0.25) is 4.79 Å². The number of carbonyl (C=O) groups is 1. The Morgan fingerprint density at radius 1 is 1.40 bits per heavy atom. The smallest absolute Gasteiger partial charge is 0.385 e. The minimum Gasteiger partial charge on any atom is -0.385 e. The Morgan fingerprint density at radius 2 is 2.07 bits per heavy atom. The van der Waals surface area contributed by atoms with Gasteiger partial charge in [0.2, 0.25) is 5.91 Å². The second-order valence-corrected chi connectivity index (χ2v) is 2.92. The van der Waals surface area contributed by atoms with E-state index in [2.05, 4.69) is 5.32 Å². The summed E-state index contributed by atoms with van der Waals surface area (Å²) in [5.41, 5.74) is 0. The molecule has 0 aliphatic rings. The van der Waals surface area contributed by atoms with Gasteiger partial charge in [-0.1, -0.05) is 0 Å². The van der Waals surface area contributed by atoms with Gasteiger partial charge in [0.15, 0.2) is 0 Å². The molecule has 15 heavy (non-hydrogen) atoms. The van der Waals surface area contributed by atoms with Crippen LogP contribution >= 0.6 is 0 Å². The predicted octanol–water partition coefficient (Wildman–Crippen LogP) is 0.291. The van der Waals surface area contributed by atoms with Crippen molar-refractivity contribution >= 4 is 5.91 Å². The highest BCUT2D eigenvalue weighted by Gasteiger charge is 2.26. The van der Waals surface area contributed by atoms with E-state index in [1.54, 1.807) is 0 Å². The molecule has 0 heterocycles. The molecule has 0 bridgehead atoms. The fourth-order valence-electron chi connectivity index (χ4n) is 0.825. The van der Waals surface area contributed by atoms with Gasteiger partial charge in [-0.05, 0) is 6.42 Å². The van der Waals surface area contributed by atoms with Crippen molar-refractivity contribution < 1.29 is 22.7 Å². The Labute approximate surface area is 86.2 Å². The summed E-state index contributed by atoms with van der Waals surface area (Å²) in [6.45, 7) is -0.568. The van der Waals surface area contributed by atoms with Crippen LogP contribution in [0.4, 0.5) is 13.2 Å². The van der Waals surface area contributed by atoms with E-state index in [0.29, 0.717) is 19.6 Å². The third-order valence-corrected chi connectivity index (χ3v) is 1.46. The molecule has 7 heteroatoms. The zero-order chi connectivity index (χ0) is 11.7. The number of ether oxygens (including phenoxy) is 1. The molecule has 1 amide bonds. The van der Waals surface area contributed by atoms with Crippen molar-refractivity contribution in [3.8, 4) is 0 Å². The van der Waals surface area contributed by atoms with E-state index in [1.807, 2.05) is 5.32 Å². The van der Waals surface area contributed by atoms with Crippen LogP contribution in [0.3, 0.4) is 0 Å². The molecular formula is C8H15F3N2O2. The van der Waals surface area contributed by atoms with E-state index in [-0.39, 0.29) is 6.54 Å². The lowest BCUT2D eigenvalue weighted by Gasteiger charge is -2.08.